The van der Waals surface area contributed by atoms with Crippen LogP contribution in [0.2, 0.25) is 0 Å². The van der Waals surface area contributed by atoms with Crippen molar-refractivity contribution in [3.8, 4) is 11.5 Å². The molecule has 25 heavy (non-hydrogen) atoms. The van der Waals surface area contributed by atoms with Crippen LogP contribution in [0.15, 0.2) is 48.5 Å². The lowest BCUT2D eigenvalue weighted by molar-refractivity contribution is -0.131. The zero-order valence-electron chi connectivity index (χ0n) is 14.2. The normalized spacial score (nSPS) is 14.3. The Kier molecular flexibility index (Phi) is 4.61. The first-order valence-corrected chi connectivity index (χ1v) is 7.99. The van der Waals surface area contributed by atoms with E-state index in [1.165, 1.54) is 14.2 Å². The molecule has 3 rings (SSSR count). The lowest BCUT2D eigenvalue weighted by atomic mass is 10.0. The van der Waals surface area contributed by atoms with Crippen molar-refractivity contribution in [2.45, 2.75) is 12.8 Å². The zero-order valence-corrected chi connectivity index (χ0v) is 14.2. The molecule has 0 unspecified atom stereocenters. The first-order valence-electron chi connectivity index (χ1n) is 7.99. The van der Waals surface area contributed by atoms with Gasteiger partial charge in [0.1, 0.15) is 16.9 Å². The second kappa shape index (κ2) is 6.84. The van der Waals surface area contributed by atoms with Gasteiger partial charge in [-0.3, -0.25) is 9.59 Å². The minimum atomic E-state index is -1.05. The molecular weight excluding hydrogens is 320 g/mol. The smallest absolute Gasteiger partial charge is 0.240 e. The predicted molar refractivity (Wildman–Crippen MR) is 94.9 cm³/mol. The second-order valence-corrected chi connectivity index (χ2v) is 5.89. The van der Waals surface area contributed by atoms with E-state index in [-0.39, 0.29) is 11.8 Å². The van der Waals surface area contributed by atoms with Crippen LogP contribution >= 0.6 is 0 Å². The number of anilines is 2. The van der Waals surface area contributed by atoms with Gasteiger partial charge in [-0.05, 0) is 37.1 Å². The van der Waals surface area contributed by atoms with Gasteiger partial charge in [0.15, 0.2) is 0 Å². The Morgan fingerprint density at radius 3 is 1.56 bits per heavy atom. The number of methoxy groups -OCH3 is 2. The summed E-state index contributed by atoms with van der Waals surface area (Å²) in [7, 11) is 3.07. The Morgan fingerprint density at radius 1 is 0.800 bits per heavy atom. The molecule has 0 bridgehead atoms. The number of hydrogen-bond donors (Lipinski definition) is 2. The Morgan fingerprint density at radius 2 is 1.20 bits per heavy atom. The summed E-state index contributed by atoms with van der Waals surface area (Å²) in [6, 6.07) is 14.2. The van der Waals surface area contributed by atoms with Gasteiger partial charge in [0.2, 0.25) is 11.8 Å². The molecule has 0 atom stereocenters. The third-order valence-electron chi connectivity index (χ3n) is 4.33. The fourth-order valence-corrected chi connectivity index (χ4v) is 2.66. The number of amides is 2. The van der Waals surface area contributed by atoms with Crippen LogP contribution in [0.1, 0.15) is 12.8 Å². The van der Waals surface area contributed by atoms with Crippen LogP contribution in [0.25, 0.3) is 0 Å². The quantitative estimate of drug-likeness (QED) is 0.793. The Labute approximate surface area is 146 Å². The van der Waals surface area contributed by atoms with E-state index in [1.54, 1.807) is 36.4 Å². The molecule has 0 radical (unpaired) electrons. The number of ether oxygens (including phenoxy) is 2. The standard InChI is InChI=1S/C19H20N2O4/c1-24-15-9-5-3-7-13(15)20-17(22)19(11-12-19)18(23)21-14-8-4-6-10-16(14)25-2/h3-10H,11-12H2,1-2H3,(H,20,22)(H,21,23). The number of nitrogens with one attached hydrogen (secondary N) is 2. The van der Waals surface area contributed by atoms with E-state index in [2.05, 4.69) is 10.6 Å². The molecule has 1 fully saturated rings. The molecule has 6 heteroatoms. The summed E-state index contributed by atoms with van der Waals surface area (Å²) in [4.78, 5) is 25.4. The average Bonchev–Trinajstić information content (AvgIpc) is 3.44. The van der Waals surface area contributed by atoms with Crippen molar-refractivity contribution >= 4 is 23.2 Å². The van der Waals surface area contributed by atoms with Crippen LogP contribution in [0.5, 0.6) is 11.5 Å². The number of hydrogen-bond acceptors (Lipinski definition) is 4. The maximum atomic E-state index is 12.7. The first kappa shape index (κ1) is 16.8. The molecule has 2 amide bonds. The number of rotatable bonds is 6. The molecule has 0 aromatic heterocycles. The summed E-state index contributed by atoms with van der Waals surface area (Å²) in [6.45, 7) is 0. The summed E-state index contributed by atoms with van der Waals surface area (Å²) < 4.78 is 10.5. The maximum Gasteiger partial charge on any atom is 0.240 e. The number of carbonyl (C=O) groups is 2. The van der Waals surface area contributed by atoms with Gasteiger partial charge >= 0.3 is 0 Å². The highest BCUT2D eigenvalue weighted by molar-refractivity contribution is 6.17. The van der Waals surface area contributed by atoms with Gasteiger partial charge < -0.3 is 20.1 Å². The number of carbonyl (C=O) groups excluding carboxylic acids is 2. The molecule has 0 saturated heterocycles. The summed E-state index contributed by atoms with van der Waals surface area (Å²) in [5, 5.41) is 5.61. The fraction of sp³-hybridized carbons (Fsp3) is 0.263. The van der Waals surface area contributed by atoms with Crippen LogP contribution in [0.3, 0.4) is 0 Å². The van der Waals surface area contributed by atoms with Crippen LogP contribution in [0.4, 0.5) is 11.4 Å². The second-order valence-electron chi connectivity index (χ2n) is 5.89. The van der Waals surface area contributed by atoms with Crippen molar-refractivity contribution in [1.29, 1.82) is 0 Å². The molecule has 0 spiro atoms. The third-order valence-corrected chi connectivity index (χ3v) is 4.33. The largest absolute Gasteiger partial charge is 0.495 e. The fourth-order valence-electron chi connectivity index (χ4n) is 2.66. The minimum Gasteiger partial charge on any atom is -0.495 e. The molecule has 2 aromatic rings. The highest BCUT2D eigenvalue weighted by Gasteiger charge is 2.56. The van der Waals surface area contributed by atoms with E-state index in [0.29, 0.717) is 35.7 Å². The maximum absolute atomic E-state index is 12.7. The third kappa shape index (κ3) is 3.28. The van der Waals surface area contributed by atoms with Crippen molar-refractivity contribution in [3.63, 3.8) is 0 Å². The van der Waals surface area contributed by atoms with Gasteiger partial charge in [0.05, 0.1) is 25.6 Å². The molecule has 6 nitrogen and oxygen atoms in total. The summed E-state index contributed by atoms with van der Waals surface area (Å²) >= 11 is 0. The van der Waals surface area contributed by atoms with Crippen molar-refractivity contribution < 1.29 is 19.1 Å². The van der Waals surface area contributed by atoms with E-state index < -0.39 is 5.41 Å². The lowest BCUT2D eigenvalue weighted by Gasteiger charge is -2.17. The summed E-state index contributed by atoms with van der Waals surface area (Å²) in [5.41, 5.74) is 0.0413. The van der Waals surface area contributed by atoms with E-state index >= 15 is 0 Å². The molecule has 0 heterocycles. The zero-order chi connectivity index (χ0) is 17.9. The van der Waals surface area contributed by atoms with Crippen molar-refractivity contribution in [2.75, 3.05) is 24.9 Å². The monoisotopic (exact) mass is 340 g/mol. The van der Waals surface area contributed by atoms with Crippen LogP contribution in [-0.4, -0.2) is 26.0 Å². The molecule has 1 aliphatic rings. The van der Waals surface area contributed by atoms with E-state index in [1.807, 2.05) is 12.1 Å². The summed E-state index contributed by atoms with van der Waals surface area (Å²) in [5.74, 6) is 0.447. The van der Waals surface area contributed by atoms with Gasteiger partial charge in [-0.1, -0.05) is 24.3 Å². The molecule has 0 aliphatic heterocycles. The topological polar surface area (TPSA) is 76.7 Å². The van der Waals surface area contributed by atoms with Gasteiger partial charge in [0.25, 0.3) is 0 Å². The predicted octanol–water partition coefficient (Wildman–Crippen LogP) is 3.06. The highest BCUT2D eigenvalue weighted by atomic mass is 16.5. The summed E-state index contributed by atoms with van der Waals surface area (Å²) in [6.07, 6.45) is 1.02. The van der Waals surface area contributed by atoms with Crippen molar-refractivity contribution in [2.24, 2.45) is 5.41 Å². The van der Waals surface area contributed by atoms with Gasteiger partial charge in [-0.15, -0.1) is 0 Å². The Hall–Kier alpha value is -3.02. The number of para-hydroxylation sites is 4. The molecule has 130 valence electrons. The lowest BCUT2D eigenvalue weighted by Crippen LogP contribution is -2.35. The SMILES string of the molecule is COc1ccccc1NC(=O)C1(C(=O)Nc2ccccc2OC)CC1. The molecule has 2 aromatic carbocycles. The molecule has 1 aliphatic carbocycles. The number of benzene rings is 2. The van der Waals surface area contributed by atoms with E-state index in [0.717, 1.165) is 0 Å². The molecular formula is C19H20N2O4. The van der Waals surface area contributed by atoms with Crippen molar-refractivity contribution in [3.05, 3.63) is 48.5 Å². The molecule has 2 N–H and O–H groups in total. The van der Waals surface area contributed by atoms with E-state index in [9.17, 15) is 9.59 Å². The van der Waals surface area contributed by atoms with Gasteiger partial charge in [-0.2, -0.15) is 0 Å². The average molecular weight is 340 g/mol. The van der Waals surface area contributed by atoms with Gasteiger partial charge in [-0.25, -0.2) is 0 Å². The van der Waals surface area contributed by atoms with Gasteiger partial charge in [0, 0.05) is 0 Å². The van der Waals surface area contributed by atoms with Crippen molar-refractivity contribution in [1.82, 2.24) is 0 Å². The van der Waals surface area contributed by atoms with Crippen LogP contribution < -0.4 is 20.1 Å². The van der Waals surface area contributed by atoms with E-state index in [4.69, 9.17) is 9.47 Å². The first-order chi connectivity index (χ1) is 12.1. The van der Waals surface area contributed by atoms with Crippen LogP contribution in [-0.2, 0) is 9.59 Å². The van der Waals surface area contributed by atoms with Crippen LogP contribution in [0, 0.1) is 5.41 Å². The Bertz CT molecular complexity index is 736. The Balaban J connectivity index is 1.75. The highest BCUT2D eigenvalue weighted by Crippen LogP contribution is 2.48. The minimum absolute atomic E-state index is 0.329. The molecule has 1 saturated carbocycles.